The van der Waals surface area contributed by atoms with Crippen LogP contribution in [0.4, 0.5) is 0 Å². The van der Waals surface area contributed by atoms with Crippen LogP contribution in [0.5, 0.6) is 0 Å². The summed E-state index contributed by atoms with van der Waals surface area (Å²) in [5, 5.41) is 5.83. The fourth-order valence-electron chi connectivity index (χ4n) is 5.24. The number of rotatable bonds is 6. The molecule has 0 spiro atoms. The van der Waals surface area contributed by atoms with Crippen LogP contribution in [-0.2, 0) is 16.1 Å². The van der Waals surface area contributed by atoms with Gasteiger partial charge >= 0.3 is 0 Å². The van der Waals surface area contributed by atoms with Gasteiger partial charge in [0.15, 0.2) is 0 Å². The number of hydrogen-bond acceptors (Lipinski definition) is 3. The van der Waals surface area contributed by atoms with Gasteiger partial charge in [0.2, 0.25) is 5.91 Å². The third kappa shape index (κ3) is 5.01. The molecule has 6 nitrogen and oxygen atoms in total. The number of aromatic nitrogens is 3. The summed E-state index contributed by atoms with van der Waals surface area (Å²) in [5.41, 5.74) is 3.61. The van der Waals surface area contributed by atoms with E-state index >= 15 is 0 Å². The number of carbonyl (C=O) groups is 1. The number of nitrogens with zero attached hydrogens (tertiary/aromatic N) is 4. The quantitative estimate of drug-likeness (QED) is 0.501. The monoisotopic (exact) mass is 448 g/mol. The van der Waals surface area contributed by atoms with Gasteiger partial charge in [0, 0.05) is 61.5 Å². The zero-order valence-electron chi connectivity index (χ0n) is 19.9. The summed E-state index contributed by atoms with van der Waals surface area (Å²) >= 11 is 0. The fraction of sp³-hybridized carbons (Fsp3) is 0.556. The predicted octanol–water partition coefficient (Wildman–Crippen LogP) is 5.49. The Labute approximate surface area is 196 Å². The van der Waals surface area contributed by atoms with Crippen molar-refractivity contribution in [3.05, 3.63) is 42.9 Å². The average Bonchev–Trinajstić information content (AvgIpc) is 3.47. The molecule has 6 heteroatoms. The van der Waals surface area contributed by atoms with Gasteiger partial charge in [0.25, 0.3) is 0 Å². The predicted molar refractivity (Wildman–Crippen MR) is 131 cm³/mol. The van der Waals surface area contributed by atoms with E-state index in [-0.39, 0.29) is 6.23 Å². The highest BCUT2D eigenvalue weighted by atomic mass is 16.5. The third-order valence-electron chi connectivity index (χ3n) is 7.16. The van der Waals surface area contributed by atoms with Crippen molar-refractivity contribution >= 4 is 16.8 Å². The first-order valence-corrected chi connectivity index (χ1v) is 12.6. The van der Waals surface area contributed by atoms with Crippen molar-refractivity contribution in [1.82, 2.24) is 19.2 Å². The molecule has 2 aliphatic heterocycles. The maximum atomic E-state index is 12.4. The van der Waals surface area contributed by atoms with E-state index in [1.54, 1.807) is 0 Å². The van der Waals surface area contributed by atoms with Gasteiger partial charge in [0.1, 0.15) is 6.23 Å². The van der Waals surface area contributed by atoms with E-state index < -0.39 is 0 Å². The number of carbonyl (C=O) groups excluding carboxylic acids is 1. The summed E-state index contributed by atoms with van der Waals surface area (Å²) in [6.45, 7) is 7.87. The molecule has 1 aromatic carbocycles. The van der Waals surface area contributed by atoms with Gasteiger partial charge in [0.05, 0.1) is 6.20 Å². The summed E-state index contributed by atoms with van der Waals surface area (Å²) in [4.78, 5) is 14.4. The molecule has 3 aromatic rings. The minimum absolute atomic E-state index is 0.0735. The number of hydrogen-bond donors (Lipinski definition) is 0. The number of amides is 1. The largest absolute Gasteiger partial charge is 0.357 e. The van der Waals surface area contributed by atoms with Crippen LogP contribution in [0, 0.1) is 11.8 Å². The molecule has 2 aromatic heterocycles. The third-order valence-corrected chi connectivity index (χ3v) is 7.16. The topological polar surface area (TPSA) is 52.3 Å². The SMILES string of the molecule is CC(C)CC(=O)N1CCC(Cn2ccc3cc(-c4cnn(C5CCCCO5)c4)ccc32)CC1. The molecule has 2 fully saturated rings. The maximum Gasteiger partial charge on any atom is 0.222 e. The van der Waals surface area contributed by atoms with Gasteiger partial charge in [-0.2, -0.15) is 5.10 Å². The van der Waals surface area contributed by atoms with Gasteiger partial charge < -0.3 is 14.2 Å². The second-order valence-corrected chi connectivity index (χ2v) is 10.2. The molecule has 1 unspecified atom stereocenters. The highest BCUT2D eigenvalue weighted by Gasteiger charge is 2.24. The Morgan fingerprint density at radius 2 is 1.97 bits per heavy atom. The Kier molecular flexibility index (Phi) is 6.54. The Morgan fingerprint density at radius 1 is 1.12 bits per heavy atom. The molecule has 2 saturated heterocycles. The molecule has 0 bridgehead atoms. The molecule has 1 amide bonds. The molecule has 176 valence electrons. The Balaban J connectivity index is 1.23. The zero-order valence-corrected chi connectivity index (χ0v) is 19.9. The van der Waals surface area contributed by atoms with E-state index in [1.165, 1.54) is 22.9 Å². The molecule has 0 saturated carbocycles. The molecule has 4 heterocycles. The van der Waals surface area contributed by atoms with Crippen LogP contribution in [-0.4, -0.2) is 44.9 Å². The minimum atomic E-state index is 0.0735. The lowest BCUT2D eigenvalue weighted by Crippen LogP contribution is -2.39. The Hall–Kier alpha value is -2.60. The van der Waals surface area contributed by atoms with Crippen molar-refractivity contribution in [3.63, 3.8) is 0 Å². The smallest absolute Gasteiger partial charge is 0.222 e. The second-order valence-electron chi connectivity index (χ2n) is 10.2. The van der Waals surface area contributed by atoms with Crippen molar-refractivity contribution in [1.29, 1.82) is 0 Å². The van der Waals surface area contributed by atoms with E-state index in [9.17, 15) is 4.79 Å². The average molecular weight is 449 g/mol. The van der Waals surface area contributed by atoms with E-state index in [4.69, 9.17) is 4.74 Å². The highest BCUT2D eigenvalue weighted by molar-refractivity contribution is 5.85. The first-order chi connectivity index (χ1) is 16.1. The van der Waals surface area contributed by atoms with Crippen LogP contribution >= 0.6 is 0 Å². The number of fused-ring (bicyclic) bond motifs is 1. The molecule has 5 rings (SSSR count). The zero-order chi connectivity index (χ0) is 22.8. The molecular formula is C27H36N4O2. The minimum Gasteiger partial charge on any atom is -0.357 e. The Bertz CT molecular complexity index is 1080. The van der Waals surface area contributed by atoms with Crippen LogP contribution < -0.4 is 0 Å². The number of ether oxygens (including phenoxy) is 1. The first-order valence-electron chi connectivity index (χ1n) is 12.6. The van der Waals surface area contributed by atoms with Crippen LogP contribution in [0.15, 0.2) is 42.9 Å². The molecule has 2 aliphatic rings. The van der Waals surface area contributed by atoms with Gasteiger partial charge in [-0.15, -0.1) is 0 Å². The van der Waals surface area contributed by atoms with Crippen LogP contribution in [0.2, 0.25) is 0 Å². The van der Waals surface area contributed by atoms with Gasteiger partial charge in [-0.25, -0.2) is 4.68 Å². The molecule has 0 aliphatic carbocycles. The lowest BCUT2D eigenvalue weighted by molar-refractivity contribution is -0.133. The lowest BCUT2D eigenvalue weighted by atomic mass is 9.96. The molecule has 33 heavy (non-hydrogen) atoms. The van der Waals surface area contributed by atoms with Crippen LogP contribution in [0.1, 0.15) is 58.6 Å². The molecular weight excluding hydrogens is 412 g/mol. The van der Waals surface area contributed by atoms with Crippen LogP contribution in [0.3, 0.4) is 0 Å². The first kappa shape index (κ1) is 22.2. The van der Waals surface area contributed by atoms with Crippen molar-refractivity contribution in [2.45, 2.75) is 65.1 Å². The maximum absolute atomic E-state index is 12.4. The molecule has 0 N–H and O–H groups in total. The fourth-order valence-corrected chi connectivity index (χ4v) is 5.24. The highest BCUT2D eigenvalue weighted by Crippen LogP contribution is 2.29. The summed E-state index contributed by atoms with van der Waals surface area (Å²) in [5.74, 6) is 1.37. The van der Waals surface area contributed by atoms with E-state index in [0.29, 0.717) is 24.2 Å². The van der Waals surface area contributed by atoms with Crippen molar-refractivity contribution in [2.24, 2.45) is 11.8 Å². The summed E-state index contributed by atoms with van der Waals surface area (Å²) in [6, 6.07) is 8.92. The second kappa shape index (κ2) is 9.72. The summed E-state index contributed by atoms with van der Waals surface area (Å²) in [7, 11) is 0. The normalized spacial score (nSPS) is 20.1. The van der Waals surface area contributed by atoms with Crippen molar-refractivity contribution in [2.75, 3.05) is 19.7 Å². The van der Waals surface area contributed by atoms with Gasteiger partial charge in [-0.05, 0) is 67.7 Å². The number of benzene rings is 1. The van der Waals surface area contributed by atoms with Crippen LogP contribution in [0.25, 0.3) is 22.0 Å². The van der Waals surface area contributed by atoms with E-state index in [1.807, 2.05) is 10.9 Å². The summed E-state index contributed by atoms with van der Waals surface area (Å²) in [6.07, 6.45) is 12.6. The van der Waals surface area contributed by atoms with Crippen molar-refractivity contribution < 1.29 is 9.53 Å². The van der Waals surface area contributed by atoms with Crippen molar-refractivity contribution in [3.8, 4) is 11.1 Å². The van der Waals surface area contributed by atoms with E-state index in [2.05, 4.69) is 65.1 Å². The summed E-state index contributed by atoms with van der Waals surface area (Å²) < 4.78 is 10.2. The number of piperidine rings is 1. The molecule has 1 atom stereocenters. The van der Waals surface area contributed by atoms with E-state index in [0.717, 1.165) is 57.5 Å². The van der Waals surface area contributed by atoms with Gasteiger partial charge in [-0.1, -0.05) is 19.9 Å². The van der Waals surface area contributed by atoms with Gasteiger partial charge in [-0.3, -0.25) is 4.79 Å². The number of likely N-dealkylation sites (tertiary alicyclic amines) is 1. The lowest BCUT2D eigenvalue weighted by Gasteiger charge is -2.32. The molecule has 0 radical (unpaired) electrons. The Morgan fingerprint density at radius 3 is 2.73 bits per heavy atom. The standard InChI is InChI=1S/C27H36N4O2/c1-20(2)15-26(32)29-11-8-21(9-12-29)18-30-13-10-23-16-22(6-7-25(23)30)24-17-28-31(19-24)27-5-3-4-14-33-27/h6-7,10,13,16-17,19-21,27H,3-5,8-9,11-12,14-15,18H2,1-2H3.